The van der Waals surface area contributed by atoms with Crippen LogP contribution < -0.4 is 10.6 Å². The first-order valence-electron chi connectivity index (χ1n) is 7.75. The van der Waals surface area contributed by atoms with E-state index in [1.165, 1.54) is 6.92 Å². The normalized spacial score (nSPS) is 11.6. The summed E-state index contributed by atoms with van der Waals surface area (Å²) in [5.41, 5.74) is 2.82. The molecule has 4 nitrogen and oxygen atoms in total. The van der Waals surface area contributed by atoms with E-state index in [0.717, 1.165) is 21.7 Å². The van der Waals surface area contributed by atoms with Crippen molar-refractivity contribution in [3.8, 4) is 0 Å². The van der Waals surface area contributed by atoms with Crippen LogP contribution in [0.3, 0.4) is 0 Å². The summed E-state index contributed by atoms with van der Waals surface area (Å²) in [7, 11) is 0. The van der Waals surface area contributed by atoms with Crippen molar-refractivity contribution in [1.82, 2.24) is 5.32 Å². The molecule has 2 amide bonds. The number of carbonyl (C=O) groups is 2. The zero-order chi connectivity index (χ0) is 17.5. The SMILES string of the molecule is CSc1cccc(NC(=O)C[C@@H](NC(C)=O)c2ccc(C)cc2)c1. The van der Waals surface area contributed by atoms with Gasteiger partial charge in [0.15, 0.2) is 0 Å². The highest BCUT2D eigenvalue weighted by Gasteiger charge is 2.17. The Kier molecular flexibility index (Phi) is 6.44. The molecule has 0 saturated carbocycles. The summed E-state index contributed by atoms with van der Waals surface area (Å²) in [6.45, 7) is 3.46. The molecule has 0 saturated heterocycles. The van der Waals surface area contributed by atoms with Crippen LogP contribution >= 0.6 is 11.8 Å². The lowest BCUT2D eigenvalue weighted by atomic mass is 10.0. The summed E-state index contributed by atoms with van der Waals surface area (Å²) in [6, 6.07) is 15.2. The number of benzene rings is 2. The van der Waals surface area contributed by atoms with Crippen LogP contribution in [0.4, 0.5) is 5.69 Å². The quantitative estimate of drug-likeness (QED) is 0.782. The van der Waals surface area contributed by atoms with Crippen LogP contribution in [0.1, 0.15) is 30.5 Å². The molecule has 24 heavy (non-hydrogen) atoms. The molecule has 0 aliphatic carbocycles. The number of nitrogens with one attached hydrogen (secondary N) is 2. The Balaban J connectivity index is 2.08. The molecule has 0 spiro atoms. The standard InChI is InChI=1S/C19H22N2O2S/c1-13-7-9-15(10-8-13)18(20-14(2)22)12-19(23)21-16-5-4-6-17(11-16)24-3/h4-11,18H,12H2,1-3H3,(H,20,22)(H,21,23)/t18-/m1/s1. The van der Waals surface area contributed by atoms with Crippen LogP contribution in [0.2, 0.25) is 0 Å². The van der Waals surface area contributed by atoms with Crippen LogP contribution in [-0.2, 0) is 9.59 Å². The van der Waals surface area contributed by atoms with E-state index in [1.54, 1.807) is 11.8 Å². The predicted molar refractivity (Wildman–Crippen MR) is 99.2 cm³/mol. The maximum absolute atomic E-state index is 12.4. The van der Waals surface area contributed by atoms with Gasteiger partial charge in [0.05, 0.1) is 12.5 Å². The van der Waals surface area contributed by atoms with E-state index in [2.05, 4.69) is 10.6 Å². The van der Waals surface area contributed by atoms with Crippen molar-refractivity contribution >= 4 is 29.3 Å². The van der Waals surface area contributed by atoms with Crippen molar-refractivity contribution in [1.29, 1.82) is 0 Å². The van der Waals surface area contributed by atoms with Crippen molar-refractivity contribution in [2.45, 2.75) is 31.2 Å². The summed E-state index contributed by atoms with van der Waals surface area (Å²) in [5.74, 6) is -0.287. The van der Waals surface area contributed by atoms with Gasteiger partial charge in [0.1, 0.15) is 0 Å². The summed E-state index contributed by atoms with van der Waals surface area (Å²) in [6.07, 6.45) is 2.18. The average molecular weight is 342 g/mol. The van der Waals surface area contributed by atoms with Gasteiger partial charge in [-0.25, -0.2) is 0 Å². The van der Waals surface area contributed by atoms with Gasteiger partial charge >= 0.3 is 0 Å². The number of thioether (sulfide) groups is 1. The zero-order valence-corrected chi connectivity index (χ0v) is 14.9. The Hall–Kier alpha value is -2.27. The summed E-state index contributed by atoms with van der Waals surface area (Å²) < 4.78 is 0. The molecule has 0 radical (unpaired) electrons. The van der Waals surface area contributed by atoms with Crippen LogP contribution in [0.5, 0.6) is 0 Å². The van der Waals surface area contributed by atoms with Crippen LogP contribution in [0.15, 0.2) is 53.4 Å². The first kappa shape index (κ1) is 18.1. The van der Waals surface area contributed by atoms with Gasteiger partial charge in [-0.3, -0.25) is 9.59 Å². The fourth-order valence-corrected chi connectivity index (χ4v) is 2.85. The van der Waals surface area contributed by atoms with Crippen molar-refractivity contribution in [2.24, 2.45) is 0 Å². The predicted octanol–water partition coefficient (Wildman–Crippen LogP) is 3.92. The summed E-state index contributed by atoms with van der Waals surface area (Å²) in [4.78, 5) is 24.9. The average Bonchev–Trinajstić information content (AvgIpc) is 2.54. The Morgan fingerprint density at radius 3 is 2.46 bits per heavy atom. The molecule has 0 bridgehead atoms. The Morgan fingerprint density at radius 2 is 1.83 bits per heavy atom. The third kappa shape index (κ3) is 5.42. The first-order chi connectivity index (χ1) is 11.5. The number of carbonyl (C=O) groups excluding carboxylic acids is 2. The molecule has 5 heteroatoms. The van der Waals surface area contributed by atoms with Crippen molar-refractivity contribution < 1.29 is 9.59 Å². The second-order valence-electron chi connectivity index (χ2n) is 5.65. The molecule has 0 aliphatic rings. The molecular weight excluding hydrogens is 320 g/mol. The van der Waals surface area contributed by atoms with E-state index in [9.17, 15) is 9.59 Å². The molecule has 2 N–H and O–H groups in total. The van der Waals surface area contributed by atoms with Crippen LogP contribution in [0, 0.1) is 6.92 Å². The number of amides is 2. The molecule has 2 aromatic rings. The van der Waals surface area contributed by atoms with Gasteiger partial charge in [-0.2, -0.15) is 0 Å². The lowest BCUT2D eigenvalue weighted by Gasteiger charge is -2.18. The van der Waals surface area contributed by atoms with E-state index >= 15 is 0 Å². The third-order valence-electron chi connectivity index (χ3n) is 3.60. The molecule has 2 rings (SSSR count). The van der Waals surface area contributed by atoms with E-state index < -0.39 is 0 Å². The molecule has 0 fully saturated rings. The Morgan fingerprint density at radius 1 is 1.12 bits per heavy atom. The molecule has 1 atom stereocenters. The number of hydrogen-bond donors (Lipinski definition) is 2. The molecule has 0 heterocycles. The molecule has 0 aromatic heterocycles. The highest BCUT2D eigenvalue weighted by atomic mass is 32.2. The Bertz CT molecular complexity index is 714. The Labute approximate surface area is 147 Å². The third-order valence-corrected chi connectivity index (χ3v) is 4.33. The smallest absolute Gasteiger partial charge is 0.226 e. The molecule has 0 unspecified atom stereocenters. The largest absolute Gasteiger partial charge is 0.349 e. The topological polar surface area (TPSA) is 58.2 Å². The fraction of sp³-hybridized carbons (Fsp3) is 0.263. The molecular formula is C19H22N2O2S. The van der Waals surface area contributed by atoms with E-state index in [-0.39, 0.29) is 24.3 Å². The summed E-state index contributed by atoms with van der Waals surface area (Å²) >= 11 is 1.62. The van der Waals surface area contributed by atoms with Gasteiger partial charge in [-0.05, 0) is 36.9 Å². The van der Waals surface area contributed by atoms with E-state index in [0.29, 0.717) is 0 Å². The minimum Gasteiger partial charge on any atom is -0.349 e. The minimum atomic E-state index is -0.341. The monoisotopic (exact) mass is 342 g/mol. The van der Waals surface area contributed by atoms with Crippen LogP contribution in [0.25, 0.3) is 0 Å². The maximum atomic E-state index is 12.4. The van der Waals surface area contributed by atoms with Gasteiger partial charge in [0, 0.05) is 17.5 Å². The van der Waals surface area contributed by atoms with Gasteiger partial charge in [0.25, 0.3) is 0 Å². The lowest BCUT2D eigenvalue weighted by Crippen LogP contribution is -2.29. The van der Waals surface area contributed by atoms with Crippen molar-refractivity contribution in [3.63, 3.8) is 0 Å². The first-order valence-corrected chi connectivity index (χ1v) is 8.98. The van der Waals surface area contributed by atoms with E-state index in [4.69, 9.17) is 0 Å². The van der Waals surface area contributed by atoms with Crippen molar-refractivity contribution in [3.05, 3.63) is 59.7 Å². The molecule has 0 aliphatic heterocycles. The second-order valence-corrected chi connectivity index (χ2v) is 6.53. The highest BCUT2D eigenvalue weighted by Crippen LogP contribution is 2.21. The minimum absolute atomic E-state index is 0.132. The maximum Gasteiger partial charge on any atom is 0.226 e. The van der Waals surface area contributed by atoms with Gasteiger partial charge in [0.2, 0.25) is 11.8 Å². The number of anilines is 1. The second kappa shape index (κ2) is 8.55. The lowest BCUT2D eigenvalue weighted by molar-refractivity contribution is -0.120. The molecule has 126 valence electrons. The highest BCUT2D eigenvalue weighted by molar-refractivity contribution is 7.98. The number of hydrogen-bond acceptors (Lipinski definition) is 3. The number of rotatable bonds is 6. The van der Waals surface area contributed by atoms with E-state index in [1.807, 2.05) is 61.7 Å². The van der Waals surface area contributed by atoms with Gasteiger partial charge in [-0.1, -0.05) is 35.9 Å². The van der Waals surface area contributed by atoms with Gasteiger partial charge in [-0.15, -0.1) is 11.8 Å². The summed E-state index contributed by atoms with van der Waals surface area (Å²) in [5, 5.41) is 5.75. The van der Waals surface area contributed by atoms with Crippen molar-refractivity contribution in [2.75, 3.05) is 11.6 Å². The zero-order valence-electron chi connectivity index (χ0n) is 14.1. The van der Waals surface area contributed by atoms with Gasteiger partial charge < -0.3 is 10.6 Å². The fourth-order valence-electron chi connectivity index (χ4n) is 2.39. The molecule has 2 aromatic carbocycles. The van der Waals surface area contributed by atoms with Crippen LogP contribution in [-0.4, -0.2) is 18.1 Å². The number of aryl methyl sites for hydroxylation is 1.